The molecule has 0 N–H and O–H groups in total. The van der Waals surface area contributed by atoms with Gasteiger partial charge in [0.05, 0.1) is 24.4 Å². The lowest BCUT2D eigenvalue weighted by atomic mass is 10.1. The molecular formula is C27H23F4NO5. The van der Waals surface area contributed by atoms with Gasteiger partial charge in [0.2, 0.25) is 0 Å². The molecule has 0 saturated heterocycles. The Balaban J connectivity index is 1.47. The van der Waals surface area contributed by atoms with Crippen molar-refractivity contribution in [2.24, 2.45) is 0 Å². The second-order valence-corrected chi connectivity index (χ2v) is 8.32. The van der Waals surface area contributed by atoms with Crippen LogP contribution in [0.2, 0.25) is 0 Å². The zero-order chi connectivity index (χ0) is 26.7. The molecule has 3 aromatic carbocycles. The number of alkyl halides is 3. The molecule has 1 aliphatic rings. The number of esters is 1. The number of anilines is 1. The quantitative estimate of drug-likeness (QED) is 0.278. The van der Waals surface area contributed by atoms with Crippen molar-refractivity contribution in [1.82, 2.24) is 0 Å². The minimum Gasteiger partial charge on any atom is -0.489 e. The third kappa shape index (κ3) is 5.68. The Morgan fingerprint density at radius 1 is 1.03 bits per heavy atom. The van der Waals surface area contributed by atoms with E-state index in [-0.39, 0.29) is 37.6 Å². The summed E-state index contributed by atoms with van der Waals surface area (Å²) in [5.74, 6) is -1.21. The van der Waals surface area contributed by atoms with Crippen LogP contribution in [0.15, 0.2) is 54.6 Å². The van der Waals surface area contributed by atoms with Crippen molar-refractivity contribution in [1.29, 1.82) is 0 Å². The Kier molecular flexibility index (Phi) is 7.37. The van der Waals surface area contributed by atoms with Crippen LogP contribution in [0.25, 0.3) is 0 Å². The summed E-state index contributed by atoms with van der Waals surface area (Å²) in [5, 5.41) is 0. The molecule has 0 aromatic heterocycles. The van der Waals surface area contributed by atoms with Crippen LogP contribution in [0.1, 0.15) is 39.5 Å². The van der Waals surface area contributed by atoms with E-state index in [1.807, 2.05) is 13.0 Å². The Morgan fingerprint density at radius 2 is 1.81 bits per heavy atom. The maximum Gasteiger partial charge on any atom is 0.416 e. The van der Waals surface area contributed by atoms with E-state index in [1.54, 1.807) is 37.3 Å². The first-order valence-corrected chi connectivity index (χ1v) is 11.4. The predicted octanol–water partition coefficient (Wildman–Crippen LogP) is 5.83. The average Bonchev–Trinajstić information content (AvgIpc) is 3.18. The number of aryl methyl sites for hydroxylation is 1. The molecule has 0 spiro atoms. The van der Waals surface area contributed by atoms with Crippen LogP contribution in [0.4, 0.5) is 23.2 Å². The number of nitrogens with zero attached hydrogens (tertiary/aromatic N) is 1. The smallest absolute Gasteiger partial charge is 0.416 e. The Morgan fingerprint density at radius 3 is 2.49 bits per heavy atom. The largest absolute Gasteiger partial charge is 0.489 e. The average molecular weight is 517 g/mol. The first kappa shape index (κ1) is 26.0. The van der Waals surface area contributed by atoms with E-state index in [0.717, 1.165) is 28.2 Å². The number of rotatable bonds is 8. The summed E-state index contributed by atoms with van der Waals surface area (Å²) in [6.07, 6.45) is -4.69. The fraction of sp³-hybridized carbons (Fsp3) is 0.259. The van der Waals surface area contributed by atoms with Crippen molar-refractivity contribution in [3.63, 3.8) is 0 Å². The molecule has 0 atom stereocenters. The molecule has 3 aromatic rings. The van der Waals surface area contributed by atoms with Gasteiger partial charge in [-0.05, 0) is 67.4 Å². The molecule has 0 saturated carbocycles. The van der Waals surface area contributed by atoms with E-state index in [2.05, 4.69) is 0 Å². The number of hydrogen-bond acceptors (Lipinski definition) is 5. The molecule has 0 unspecified atom stereocenters. The second-order valence-electron chi connectivity index (χ2n) is 8.32. The number of carbonyl (C=O) groups excluding carboxylic acids is 2. The molecule has 0 bridgehead atoms. The van der Waals surface area contributed by atoms with Gasteiger partial charge < -0.3 is 19.1 Å². The van der Waals surface area contributed by atoms with E-state index in [1.165, 1.54) is 0 Å². The van der Waals surface area contributed by atoms with Crippen LogP contribution in [0, 0.1) is 12.7 Å². The number of ether oxygens (including phenoxy) is 3. The molecule has 10 heteroatoms. The van der Waals surface area contributed by atoms with Crippen molar-refractivity contribution in [3.05, 3.63) is 88.2 Å². The molecule has 1 heterocycles. The van der Waals surface area contributed by atoms with E-state index >= 15 is 0 Å². The highest BCUT2D eigenvalue weighted by Gasteiger charge is 2.35. The fourth-order valence-electron chi connectivity index (χ4n) is 4.00. The van der Waals surface area contributed by atoms with Crippen LogP contribution in [0.3, 0.4) is 0 Å². The van der Waals surface area contributed by atoms with Gasteiger partial charge in [-0.2, -0.15) is 13.2 Å². The van der Waals surface area contributed by atoms with Crippen molar-refractivity contribution in [2.75, 3.05) is 18.1 Å². The molecule has 0 fully saturated rings. The third-order valence-electron chi connectivity index (χ3n) is 5.78. The van der Waals surface area contributed by atoms with Gasteiger partial charge in [0.15, 0.2) is 6.61 Å². The highest BCUT2D eigenvalue weighted by atomic mass is 19.4. The predicted molar refractivity (Wildman–Crippen MR) is 126 cm³/mol. The van der Waals surface area contributed by atoms with Gasteiger partial charge in [-0.1, -0.05) is 12.1 Å². The molecule has 37 heavy (non-hydrogen) atoms. The summed E-state index contributed by atoms with van der Waals surface area (Å²) >= 11 is 0. The lowest BCUT2D eigenvalue weighted by Gasteiger charge is -2.18. The molecule has 1 aliphatic heterocycles. The molecule has 6 nitrogen and oxygen atoms in total. The second kappa shape index (κ2) is 10.5. The lowest BCUT2D eigenvalue weighted by Crippen LogP contribution is -2.24. The highest BCUT2D eigenvalue weighted by Crippen LogP contribution is 2.37. The molecule has 4 rings (SSSR count). The summed E-state index contributed by atoms with van der Waals surface area (Å²) < 4.78 is 69.5. The minimum atomic E-state index is -4.69. The number of benzene rings is 3. The van der Waals surface area contributed by atoms with E-state index in [9.17, 15) is 27.2 Å². The maximum absolute atomic E-state index is 14.5. The van der Waals surface area contributed by atoms with E-state index < -0.39 is 29.4 Å². The number of hydrogen-bond donors (Lipinski definition) is 0. The standard InChI is InChI=1S/C27H23F4NO5/c1-3-35-25(33)15-37-23-10-7-17(11-16(23)2)14-36-24-6-4-5-19-20(24)13-32(26(19)34)22-9-8-18(12-21(22)28)27(29,30)31/h4-12H,3,13-15H2,1-2H3. The van der Waals surface area contributed by atoms with Gasteiger partial charge in [0.1, 0.15) is 23.9 Å². The van der Waals surface area contributed by atoms with Gasteiger partial charge in [-0.15, -0.1) is 0 Å². The van der Waals surface area contributed by atoms with Gasteiger partial charge in [0.25, 0.3) is 5.91 Å². The van der Waals surface area contributed by atoms with E-state index in [4.69, 9.17) is 14.2 Å². The maximum atomic E-state index is 14.5. The lowest BCUT2D eigenvalue weighted by molar-refractivity contribution is -0.145. The summed E-state index contributed by atoms with van der Waals surface area (Å²) in [4.78, 5) is 25.5. The molecule has 0 aliphatic carbocycles. The third-order valence-corrected chi connectivity index (χ3v) is 5.78. The molecular weight excluding hydrogens is 494 g/mol. The molecule has 194 valence electrons. The van der Waals surface area contributed by atoms with Crippen molar-refractivity contribution in [2.45, 2.75) is 33.2 Å². The molecule has 0 radical (unpaired) electrons. The summed E-state index contributed by atoms with van der Waals surface area (Å²) in [6.45, 7) is 3.69. The highest BCUT2D eigenvalue weighted by molar-refractivity contribution is 6.10. The monoisotopic (exact) mass is 517 g/mol. The Hall–Kier alpha value is -4.08. The number of amides is 1. The first-order valence-electron chi connectivity index (χ1n) is 11.4. The Labute approximate surface area is 210 Å². The van der Waals surface area contributed by atoms with Gasteiger partial charge in [-0.25, -0.2) is 9.18 Å². The van der Waals surface area contributed by atoms with Crippen LogP contribution in [0.5, 0.6) is 11.5 Å². The summed E-state index contributed by atoms with van der Waals surface area (Å²) in [7, 11) is 0. The summed E-state index contributed by atoms with van der Waals surface area (Å²) in [6, 6.07) is 12.2. The number of fused-ring (bicyclic) bond motifs is 1. The van der Waals surface area contributed by atoms with Gasteiger partial charge in [-0.3, -0.25) is 4.79 Å². The zero-order valence-corrected chi connectivity index (χ0v) is 20.0. The SMILES string of the molecule is CCOC(=O)COc1ccc(COc2cccc3c2CN(c2ccc(C(F)(F)F)cc2F)C3=O)cc1C. The topological polar surface area (TPSA) is 65.1 Å². The zero-order valence-electron chi connectivity index (χ0n) is 20.0. The van der Waals surface area contributed by atoms with Crippen LogP contribution in [-0.2, 0) is 28.9 Å². The normalized spacial score (nSPS) is 12.9. The van der Waals surface area contributed by atoms with Crippen LogP contribution < -0.4 is 14.4 Å². The minimum absolute atomic E-state index is 0.0493. The van der Waals surface area contributed by atoms with Gasteiger partial charge >= 0.3 is 12.1 Å². The van der Waals surface area contributed by atoms with Gasteiger partial charge in [0, 0.05) is 11.1 Å². The van der Waals surface area contributed by atoms with Crippen LogP contribution in [-0.4, -0.2) is 25.1 Å². The fourth-order valence-corrected chi connectivity index (χ4v) is 4.00. The molecule has 1 amide bonds. The van der Waals surface area contributed by atoms with Crippen molar-refractivity contribution < 1.29 is 41.4 Å². The van der Waals surface area contributed by atoms with Crippen molar-refractivity contribution >= 4 is 17.6 Å². The van der Waals surface area contributed by atoms with Crippen LogP contribution >= 0.6 is 0 Å². The van der Waals surface area contributed by atoms with Crippen molar-refractivity contribution in [3.8, 4) is 11.5 Å². The summed E-state index contributed by atoms with van der Waals surface area (Å²) in [5.41, 5.74) is 1.01. The Bertz CT molecular complexity index is 1340. The first-order chi connectivity index (χ1) is 17.6. The van der Waals surface area contributed by atoms with E-state index in [0.29, 0.717) is 23.1 Å². The number of carbonyl (C=O) groups is 2. The number of halogens is 4.